The molecule has 1 saturated heterocycles. The number of hydrogen-bond donors (Lipinski definition) is 1. The van der Waals surface area contributed by atoms with Gasteiger partial charge in [0.05, 0.1) is 0 Å². The number of piperidine rings is 1. The number of nitrogens with zero attached hydrogens (tertiary/aromatic N) is 1. The van der Waals surface area contributed by atoms with Crippen molar-refractivity contribution < 1.29 is 9.59 Å². The van der Waals surface area contributed by atoms with E-state index in [1.807, 2.05) is 37.3 Å². The molecule has 1 aliphatic rings. The summed E-state index contributed by atoms with van der Waals surface area (Å²) in [5.74, 6) is -0.346. The number of rotatable bonds is 3. The number of aryl methyl sites for hydroxylation is 1. The first-order chi connectivity index (χ1) is 9.56. The van der Waals surface area contributed by atoms with Crippen LogP contribution in [0.3, 0.4) is 0 Å². The molecule has 1 aromatic carbocycles. The molecule has 0 radical (unpaired) electrons. The summed E-state index contributed by atoms with van der Waals surface area (Å²) in [5.41, 5.74) is 7.49. The molecule has 0 unspecified atom stereocenters. The molecular weight excluding hydrogens is 252 g/mol. The van der Waals surface area contributed by atoms with Crippen LogP contribution in [0.5, 0.6) is 0 Å². The van der Waals surface area contributed by atoms with Gasteiger partial charge in [0.1, 0.15) is 0 Å². The van der Waals surface area contributed by atoms with E-state index in [-0.39, 0.29) is 17.7 Å². The van der Waals surface area contributed by atoms with Crippen molar-refractivity contribution in [2.75, 3.05) is 13.1 Å². The van der Waals surface area contributed by atoms with Crippen LogP contribution in [0.4, 0.5) is 0 Å². The van der Waals surface area contributed by atoms with Gasteiger partial charge in [0.15, 0.2) is 0 Å². The lowest BCUT2D eigenvalue weighted by molar-refractivity contribution is -0.130. The number of nitrogens with two attached hydrogens (primary N) is 1. The number of amides is 2. The predicted octanol–water partition coefficient (Wildman–Crippen LogP) is 1.73. The molecule has 0 spiro atoms. The van der Waals surface area contributed by atoms with Gasteiger partial charge in [0.25, 0.3) is 0 Å². The van der Waals surface area contributed by atoms with Gasteiger partial charge in [-0.25, -0.2) is 0 Å². The molecule has 2 amide bonds. The molecule has 0 aliphatic carbocycles. The van der Waals surface area contributed by atoms with Gasteiger partial charge in [0, 0.05) is 25.1 Å². The molecule has 0 atom stereocenters. The largest absolute Gasteiger partial charge is 0.369 e. The third-order valence-electron chi connectivity index (χ3n) is 3.70. The first-order valence-electron chi connectivity index (χ1n) is 6.89. The number of carbonyl (C=O) groups is 2. The molecule has 2 rings (SSSR count). The quantitative estimate of drug-likeness (QED) is 0.852. The highest BCUT2D eigenvalue weighted by Gasteiger charge is 2.24. The molecule has 106 valence electrons. The Morgan fingerprint density at radius 1 is 1.20 bits per heavy atom. The van der Waals surface area contributed by atoms with Gasteiger partial charge in [-0.3, -0.25) is 9.59 Å². The minimum absolute atomic E-state index is 0.00602. The van der Waals surface area contributed by atoms with E-state index in [2.05, 4.69) is 0 Å². The number of primary amides is 1. The Kier molecular flexibility index (Phi) is 4.56. The number of likely N-dealkylation sites (tertiary alicyclic amines) is 1. The Bertz CT molecular complexity index is 512. The Hall–Kier alpha value is -2.10. The molecule has 0 saturated carbocycles. The van der Waals surface area contributed by atoms with Crippen LogP contribution in [0.2, 0.25) is 0 Å². The van der Waals surface area contributed by atoms with Crippen LogP contribution < -0.4 is 5.73 Å². The van der Waals surface area contributed by atoms with Crippen LogP contribution in [-0.4, -0.2) is 29.8 Å². The smallest absolute Gasteiger partial charge is 0.246 e. The lowest BCUT2D eigenvalue weighted by Gasteiger charge is -2.29. The Balaban J connectivity index is 1.89. The molecule has 4 nitrogen and oxygen atoms in total. The molecule has 20 heavy (non-hydrogen) atoms. The second kappa shape index (κ2) is 6.37. The average molecular weight is 272 g/mol. The molecule has 1 fully saturated rings. The summed E-state index contributed by atoms with van der Waals surface area (Å²) < 4.78 is 0. The lowest BCUT2D eigenvalue weighted by Crippen LogP contribution is -2.41. The average Bonchev–Trinajstić information content (AvgIpc) is 2.46. The zero-order valence-corrected chi connectivity index (χ0v) is 11.7. The molecule has 4 heteroatoms. The highest BCUT2D eigenvalue weighted by molar-refractivity contribution is 5.92. The van der Waals surface area contributed by atoms with Crippen molar-refractivity contribution in [1.82, 2.24) is 4.90 Å². The van der Waals surface area contributed by atoms with Gasteiger partial charge >= 0.3 is 0 Å². The van der Waals surface area contributed by atoms with Crippen LogP contribution in [0.25, 0.3) is 6.08 Å². The Labute approximate surface area is 119 Å². The van der Waals surface area contributed by atoms with Crippen molar-refractivity contribution in [3.63, 3.8) is 0 Å². The molecule has 0 aromatic heterocycles. The summed E-state index contributed by atoms with van der Waals surface area (Å²) in [4.78, 5) is 24.9. The SMILES string of the molecule is Cc1ccc(/C=C/C(=O)N2CCC(C(N)=O)CC2)cc1. The van der Waals surface area contributed by atoms with Crippen molar-refractivity contribution in [1.29, 1.82) is 0 Å². The van der Waals surface area contributed by atoms with Crippen LogP contribution >= 0.6 is 0 Å². The number of carbonyl (C=O) groups excluding carboxylic acids is 2. The fourth-order valence-corrected chi connectivity index (χ4v) is 2.33. The number of hydrogen-bond acceptors (Lipinski definition) is 2. The summed E-state index contributed by atoms with van der Waals surface area (Å²) in [6.07, 6.45) is 4.75. The molecule has 1 heterocycles. The Morgan fingerprint density at radius 2 is 1.80 bits per heavy atom. The van der Waals surface area contributed by atoms with Crippen molar-refractivity contribution in [3.05, 3.63) is 41.5 Å². The summed E-state index contributed by atoms with van der Waals surface area (Å²) in [6.45, 7) is 3.23. The maximum atomic E-state index is 12.0. The van der Waals surface area contributed by atoms with E-state index in [1.165, 1.54) is 5.56 Å². The van der Waals surface area contributed by atoms with Gasteiger partial charge in [-0.15, -0.1) is 0 Å². The van der Waals surface area contributed by atoms with Gasteiger partial charge < -0.3 is 10.6 Å². The normalized spacial score (nSPS) is 16.6. The van der Waals surface area contributed by atoms with Crippen LogP contribution in [-0.2, 0) is 9.59 Å². The first-order valence-corrected chi connectivity index (χ1v) is 6.89. The maximum Gasteiger partial charge on any atom is 0.246 e. The van der Waals surface area contributed by atoms with Gasteiger partial charge in [-0.2, -0.15) is 0 Å². The van der Waals surface area contributed by atoms with Gasteiger partial charge in [-0.05, 0) is 31.4 Å². The van der Waals surface area contributed by atoms with Crippen molar-refractivity contribution in [2.45, 2.75) is 19.8 Å². The minimum Gasteiger partial charge on any atom is -0.369 e. The van der Waals surface area contributed by atoms with E-state index >= 15 is 0 Å². The van der Waals surface area contributed by atoms with Crippen LogP contribution in [0.15, 0.2) is 30.3 Å². The standard InChI is InChI=1S/C16H20N2O2/c1-12-2-4-13(5-3-12)6-7-15(19)18-10-8-14(9-11-18)16(17)20/h2-7,14H,8-11H2,1H3,(H2,17,20)/b7-6+. The number of benzene rings is 1. The van der Waals surface area contributed by atoms with E-state index in [0.717, 1.165) is 5.56 Å². The molecule has 0 bridgehead atoms. The zero-order chi connectivity index (χ0) is 14.5. The van der Waals surface area contributed by atoms with Gasteiger partial charge in [0.2, 0.25) is 11.8 Å². The van der Waals surface area contributed by atoms with E-state index in [1.54, 1.807) is 11.0 Å². The van der Waals surface area contributed by atoms with E-state index < -0.39 is 0 Å². The highest BCUT2D eigenvalue weighted by Crippen LogP contribution is 2.17. The summed E-state index contributed by atoms with van der Waals surface area (Å²) in [6, 6.07) is 8.00. The molecular formula is C16H20N2O2. The monoisotopic (exact) mass is 272 g/mol. The highest BCUT2D eigenvalue weighted by atomic mass is 16.2. The third-order valence-corrected chi connectivity index (χ3v) is 3.70. The third kappa shape index (κ3) is 3.70. The van der Waals surface area contributed by atoms with Gasteiger partial charge in [-0.1, -0.05) is 29.8 Å². The van der Waals surface area contributed by atoms with Crippen molar-refractivity contribution in [3.8, 4) is 0 Å². The van der Waals surface area contributed by atoms with Crippen molar-refractivity contribution >= 4 is 17.9 Å². The fourth-order valence-electron chi connectivity index (χ4n) is 2.33. The Morgan fingerprint density at radius 3 is 2.35 bits per heavy atom. The zero-order valence-electron chi connectivity index (χ0n) is 11.7. The van der Waals surface area contributed by atoms with Crippen LogP contribution in [0.1, 0.15) is 24.0 Å². The molecule has 1 aromatic rings. The summed E-state index contributed by atoms with van der Waals surface area (Å²) in [7, 11) is 0. The van der Waals surface area contributed by atoms with E-state index in [0.29, 0.717) is 25.9 Å². The molecule has 1 aliphatic heterocycles. The second-order valence-corrected chi connectivity index (χ2v) is 5.25. The minimum atomic E-state index is -0.257. The lowest BCUT2D eigenvalue weighted by atomic mass is 9.96. The summed E-state index contributed by atoms with van der Waals surface area (Å²) in [5, 5.41) is 0. The summed E-state index contributed by atoms with van der Waals surface area (Å²) >= 11 is 0. The predicted molar refractivity (Wildman–Crippen MR) is 78.7 cm³/mol. The van der Waals surface area contributed by atoms with E-state index in [4.69, 9.17) is 5.73 Å². The molecule has 2 N–H and O–H groups in total. The van der Waals surface area contributed by atoms with Crippen molar-refractivity contribution in [2.24, 2.45) is 11.7 Å². The maximum absolute atomic E-state index is 12.0. The first kappa shape index (κ1) is 14.3. The van der Waals surface area contributed by atoms with E-state index in [9.17, 15) is 9.59 Å². The topological polar surface area (TPSA) is 63.4 Å². The second-order valence-electron chi connectivity index (χ2n) is 5.25. The van der Waals surface area contributed by atoms with Crippen LogP contribution in [0, 0.1) is 12.8 Å². The fraction of sp³-hybridized carbons (Fsp3) is 0.375.